The molecular weight excluding hydrogens is 284 g/mol. The van der Waals surface area contributed by atoms with Crippen molar-refractivity contribution in [2.75, 3.05) is 0 Å². The van der Waals surface area contributed by atoms with Gasteiger partial charge in [-0.1, -0.05) is 109 Å². The largest absolute Gasteiger partial charge is 0.478 e. The number of rotatable bonds is 18. The molecule has 0 bridgehead atoms. The minimum absolute atomic E-state index is 0.832. The summed E-state index contributed by atoms with van der Waals surface area (Å²) in [5.41, 5.74) is 0. The van der Waals surface area contributed by atoms with Crippen LogP contribution in [-0.2, 0) is 4.79 Å². The summed E-state index contributed by atoms with van der Waals surface area (Å²) in [6, 6.07) is 0. The van der Waals surface area contributed by atoms with Crippen LogP contribution in [0.3, 0.4) is 0 Å². The molecule has 1 N–H and O–H groups in total. The van der Waals surface area contributed by atoms with Gasteiger partial charge in [-0.2, -0.15) is 0 Å². The minimum Gasteiger partial charge on any atom is -0.478 e. The Morgan fingerprint density at radius 3 is 1.35 bits per heavy atom. The molecule has 0 heterocycles. The van der Waals surface area contributed by atoms with Crippen LogP contribution in [0.25, 0.3) is 0 Å². The van der Waals surface area contributed by atoms with E-state index in [2.05, 4.69) is 6.92 Å². The third kappa shape index (κ3) is 21.2. The van der Waals surface area contributed by atoms with Gasteiger partial charge in [-0.15, -0.1) is 0 Å². The summed E-state index contributed by atoms with van der Waals surface area (Å²) in [5, 5.41) is 8.46. The monoisotopic (exact) mass is 324 g/mol. The highest BCUT2D eigenvalue weighted by Crippen LogP contribution is 2.14. The van der Waals surface area contributed by atoms with E-state index < -0.39 is 5.97 Å². The lowest BCUT2D eigenvalue weighted by atomic mass is 10.0. The molecule has 0 atom stereocenters. The van der Waals surface area contributed by atoms with Gasteiger partial charge >= 0.3 is 5.97 Å². The smallest absolute Gasteiger partial charge is 0.327 e. The Balaban J connectivity index is 3.01. The van der Waals surface area contributed by atoms with Gasteiger partial charge in [-0.05, 0) is 12.8 Å². The Hall–Kier alpha value is -0.790. The van der Waals surface area contributed by atoms with Crippen molar-refractivity contribution in [1.29, 1.82) is 0 Å². The lowest BCUT2D eigenvalue weighted by Crippen LogP contribution is -1.86. The molecule has 0 amide bonds. The zero-order valence-corrected chi connectivity index (χ0v) is 15.5. The third-order valence-electron chi connectivity index (χ3n) is 4.48. The van der Waals surface area contributed by atoms with Gasteiger partial charge in [0.15, 0.2) is 0 Å². The first-order chi connectivity index (χ1) is 11.3. The van der Waals surface area contributed by atoms with Crippen molar-refractivity contribution in [3.05, 3.63) is 12.2 Å². The molecular formula is C21H40O2. The van der Waals surface area contributed by atoms with Crippen molar-refractivity contribution in [3.8, 4) is 0 Å². The molecule has 0 aliphatic heterocycles. The average Bonchev–Trinajstić information content (AvgIpc) is 2.53. The van der Waals surface area contributed by atoms with Crippen LogP contribution in [0.15, 0.2) is 12.2 Å². The Kier molecular flexibility index (Phi) is 18.6. The van der Waals surface area contributed by atoms with E-state index in [9.17, 15) is 4.79 Å². The van der Waals surface area contributed by atoms with Crippen LogP contribution in [0.5, 0.6) is 0 Å². The quantitative estimate of drug-likeness (QED) is 0.212. The summed E-state index contributed by atoms with van der Waals surface area (Å²) in [5.74, 6) is -0.832. The lowest BCUT2D eigenvalue weighted by Gasteiger charge is -2.03. The second-order valence-corrected chi connectivity index (χ2v) is 6.83. The van der Waals surface area contributed by atoms with Crippen LogP contribution in [0, 0.1) is 0 Å². The molecule has 136 valence electrons. The highest BCUT2D eigenvalue weighted by molar-refractivity contribution is 5.79. The van der Waals surface area contributed by atoms with Gasteiger partial charge in [-0.25, -0.2) is 4.79 Å². The van der Waals surface area contributed by atoms with Gasteiger partial charge in [0.05, 0.1) is 0 Å². The first-order valence-corrected chi connectivity index (χ1v) is 10.2. The molecule has 2 heteroatoms. The predicted molar refractivity (Wildman–Crippen MR) is 101 cm³/mol. The zero-order chi connectivity index (χ0) is 17.0. The molecule has 0 radical (unpaired) electrons. The normalized spacial score (nSPS) is 11.3. The SMILES string of the molecule is CCCCCCCCCCCCCCCCCCC=CC(=O)O. The molecule has 0 aliphatic carbocycles. The standard InChI is InChI=1S/C21H40O2/c1-2-3-4-5-6-7-8-9-10-11-12-13-14-15-16-17-18-19-20-21(22)23/h19-20H,2-18H2,1H3,(H,22,23). The highest BCUT2D eigenvalue weighted by Gasteiger charge is 1.94. The second kappa shape index (κ2) is 19.3. The van der Waals surface area contributed by atoms with E-state index in [1.165, 1.54) is 102 Å². The fraction of sp³-hybridized carbons (Fsp3) is 0.857. The molecule has 0 saturated carbocycles. The van der Waals surface area contributed by atoms with Crippen molar-refractivity contribution in [2.24, 2.45) is 0 Å². The molecule has 0 aliphatic rings. The molecule has 0 rings (SSSR count). The predicted octanol–water partition coefficient (Wildman–Crippen LogP) is 7.28. The van der Waals surface area contributed by atoms with E-state index >= 15 is 0 Å². The number of aliphatic carboxylic acids is 1. The average molecular weight is 325 g/mol. The van der Waals surface area contributed by atoms with E-state index in [4.69, 9.17) is 5.11 Å². The molecule has 0 unspecified atom stereocenters. The summed E-state index contributed by atoms with van der Waals surface area (Å²) >= 11 is 0. The minimum atomic E-state index is -0.832. The number of hydrogen-bond acceptors (Lipinski definition) is 1. The summed E-state index contributed by atoms with van der Waals surface area (Å²) in [6.45, 7) is 2.28. The first kappa shape index (κ1) is 22.2. The summed E-state index contributed by atoms with van der Waals surface area (Å²) in [7, 11) is 0. The maximum Gasteiger partial charge on any atom is 0.327 e. The van der Waals surface area contributed by atoms with Crippen LogP contribution >= 0.6 is 0 Å². The fourth-order valence-electron chi connectivity index (χ4n) is 2.99. The number of unbranched alkanes of at least 4 members (excludes halogenated alkanes) is 16. The van der Waals surface area contributed by atoms with E-state index in [0.29, 0.717) is 0 Å². The maximum atomic E-state index is 10.3. The van der Waals surface area contributed by atoms with Gasteiger partial charge in [0.2, 0.25) is 0 Å². The van der Waals surface area contributed by atoms with E-state index in [1.807, 2.05) is 0 Å². The molecule has 2 nitrogen and oxygen atoms in total. The van der Waals surface area contributed by atoms with Gasteiger partial charge < -0.3 is 5.11 Å². The Morgan fingerprint density at radius 1 is 0.652 bits per heavy atom. The molecule has 0 aromatic heterocycles. The number of carboxylic acid groups (broad SMARTS) is 1. The molecule has 0 spiro atoms. The Bertz CT molecular complexity index is 271. The Labute approximate surface area is 144 Å². The topological polar surface area (TPSA) is 37.3 Å². The zero-order valence-electron chi connectivity index (χ0n) is 15.5. The van der Waals surface area contributed by atoms with Gasteiger partial charge in [0.1, 0.15) is 0 Å². The summed E-state index contributed by atoms with van der Waals surface area (Å²) < 4.78 is 0. The van der Waals surface area contributed by atoms with Gasteiger partial charge in [-0.3, -0.25) is 0 Å². The first-order valence-electron chi connectivity index (χ1n) is 10.2. The van der Waals surface area contributed by atoms with Crippen LogP contribution in [0.4, 0.5) is 0 Å². The molecule has 0 fully saturated rings. The van der Waals surface area contributed by atoms with Gasteiger partial charge in [0, 0.05) is 6.08 Å². The van der Waals surface area contributed by atoms with Crippen LogP contribution < -0.4 is 0 Å². The summed E-state index contributed by atoms with van der Waals surface area (Å²) in [6.07, 6.45) is 26.0. The summed E-state index contributed by atoms with van der Waals surface area (Å²) in [4.78, 5) is 10.3. The Morgan fingerprint density at radius 2 is 1.00 bits per heavy atom. The van der Waals surface area contributed by atoms with Crippen molar-refractivity contribution < 1.29 is 9.90 Å². The lowest BCUT2D eigenvalue weighted by molar-refractivity contribution is -0.131. The third-order valence-corrected chi connectivity index (χ3v) is 4.48. The highest BCUT2D eigenvalue weighted by atomic mass is 16.4. The molecule has 0 aromatic carbocycles. The molecule has 0 aromatic rings. The van der Waals surface area contributed by atoms with Gasteiger partial charge in [0.25, 0.3) is 0 Å². The van der Waals surface area contributed by atoms with Crippen LogP contribution in [0.1, 0.15) is 116 Å². The maximum absolute atomic E-state index is 10.3. The van der Waals surface area contributed by atoms with Crippen molar-refractivity contribution in [2.45, 2.75) is 116 Å². The number of hydrogen-bond donors (Lipinski definition) is 1. The second-order valence-electron chi connectivity index (χ2n) is 6.83. The van der Waals surface area contributed by atoms with E-state index in [-0.39, 0.29) is 0 Å². The molecule has 0 saturated heterocycles. The number of carbonyl (C=O) groups is 1. The fourth-order valence-corrected chi connectivity index (χ4v) is 2.99. The van der Waals surface area contributed by atoms with Crippen molar-refractivity contribution in [3.63, 3.8) is 0 Å². The number of allylic oxidation sites excluding steroid dienone is 1. The van der Waals surface area contributed by atoms with E-state index in [0.717, 1.165) is 12.8 Å². The number of carboxylic acids is 1. The van der Waals surface area contributed by atoms with Crippen LogP contribution in [-0.4, -0.2) is 11.1 Å². The van der Waals surface area contributed by atoms with Crippen molar-refractivity contribution in [1.82, 2.24) is 0 Å². The van der Waals surface area contributed by atoms with E-state index in [1.54, 1.807) is 6.08 Å². The van der Waals surface area contributed by atoms with Crippen molar-refractivity contribution >= 4 is 5.97 Å². The molecule has 23 heavy (non-hydrogen) atoms. The van der Waals surface area contributed by atoms with Crippen LogP contribution in [0.2, 0.25) is 0 Å².